The zero-order chi connectivity index (χ0) is 14.6. The first-order valence-corrected chi connectivity index (χ1v) is 9.32. The summed E-state index contributed by atoms with van der Waals surface area (Å²) in [5.41, 5.74) is 0.777. The lowest BCUT2D eigenvalue weighted by Crippen LogP contribution is -2.41. The molecular weight excluding hydrogens is 286 g/mol. The maximum absolute atomic E-state index is 10.3. The number of rotatable bonds is 6. The van der Waals surface area contributed by atoms with Crippen LogP contribution in [0.3, 0.4) is 0 Å². The highest BCUT2D eigenvalue weighted by Crippen LogP contribution is 2.28. The second-order valence-corrected chi connectivity index (χ2v) is 8.62. The van der Waals surface area contributed by atoms with Gasteiger partial charge in [0, 0.05) is 28.5 Å². The lowest BCUT2D eigenvalue weighted by molar-refractivity contribution is 0.0651. The highest BCUT2D eigenvalue weighted by atomic mass is 32.2. The predicted octanol–water partition coefficient (Wildman–Crippen LogP) is 3.71. The topological polar surface area (TPSA) is 32.3 Å². The minimum atomic E-state index is -0.508. The summed E-state index contributed by atoms with van der Waals surface area (Å²) in [6, 6.07) is 9.05. The van der Waals surface area contributed by atoms with Crippen molar-refractivity contribution in [3.05, 3.63) is 29.8 Å². The molecule has 0 saturated carbocycles. The minimum absolute atomic E-state index is 0.280. The van der Waals surface area contributed by atoms with E-state index in [-0.39, 0.29) is 6.04 Å². The van der Waals surface area contributed by atoms with Crippen molar-refractivity contribution >= 4 is 23.5 Å². The number of aliphatic hydroxyl groups is 1. The van der Waals surface area contributed by atoms with Crippen LogP contribution in [0.15, 0.2) is 29.2 Å². The first kappa shape index (κ1) is 16.2. The Morgan fingerprint density at radius 2 is 2.00 bits per heavy atom. The standard InChI is InChI=1S/C16H25NOS2/c1-12(2)20-15-6-4-14(5-7-15)13(3)17-10-16(18)8-9-19-11-16/h4-7,12-13,17-18H,8-11H2,1-3H3. The first-order chi connectivity index (χ1) is 9.48. The summed E-state index contributed by atoms with van der Waals surface area (Å²) in [5.74, 6) is 1.93. The van der Waals surface area contributed by atoms with Crippen molar-refractivity contribution in [3.63, 3.8) is 0 Å². The maximum Gasteiger partial charge on any atom is 0.0869 e. The Hall–Kier alpha value is -0.160. The maximum atomic E-state index is 10.3. The Balaban J connectivity index is 1.87. The van der Waals surface area contributed by atoms with Crippen molar-refractivity contribution in [2.45, 2.75) is 49.0 Å². The Kier molecular flexibility index (Phi) is 5.84. The van der Waals surface area contributed by atoms with Crippen LogP contribution in [0.2, 0.25) is 0 Å². The molecule has 1 heterocycles. The Bertz CT molecular complexity index is 413. The third-order valence-electron chi connectivity index (χ3n) is 3.57. The Labute approximate surface area is 131 Å². The molecule has 1 aromatic carbocycles. The summed E-state index contributed by atoms with van der Waals surface area (Å²) in [4.78, 5) is 1.32. The van der Waals surface area contributed by atoms with Gasteiger partial charge in [0.2, 0.25) is 0 Å². The van der Waals surface area contributed by atoms with Gasteiger partial charge in [-0.1, -0.05) is 26.0 Å². The molecule has 2 atom stereocenters. The van der Waals surface area contributed by atoms with Crippen LogP contribution in [-0.2, 0) is 0 Å². The van der Waals surface area contributed by atoms with Crippen LogP contribution in [0.5, 0.6) is 0 Å². The van der Waals surface area contributed by atoms with E-state index < -0.39 is 5.60 Å². The van der Waals surface area contributed by atoms with Crippen LogP contribution in [-0.4, -0.2) is 34.0 Å². The molecule has 0 aromatic heterocycles. The number of hydrogen-bond acceptors (Lipinski definition) is 4. The zero-order valence-corrected chi connectivity index (χ0v) is 14.2. The van der Waals surface area contributed by atoms with Gasteiger partial charge in [0.15, 0.2) is 0 Å². The van der Waals surface area contributed by atoms with Crippen LogP contribution in [0.25, 0.3) is 0 Å². The van der Waals surface area contributed by atoms with Crippen molar-refractivity contribution in [1.29, 1.82) is 0 Å². The van der Waals surface area contributed by atoms with Crippen molar-refractivity contribution in [3.8, 4) is 0 Å². The molecule has 20 heavy (non-hydrogen) atoms. The SMILES string of the molecule is CC(C)Sc1ccc(C(C)NCC2(O)CCSC2)cc1. The number of hydrogen-bond donors (Lipinski definition) is 2. The molecule has 2 unspecified atom stereocenters. The lowest BCUT2D eigenvalue weighted by Gasteiger charge is -2.24. The third-order valence-corrected chi connectivity index (χ3v) is 5.82. The van der Waals surface area contributed by atoms with E-state index >= 15 is 0 Å². The predicted molar refractivity (Wildman–Crippen MR) is 90.7 cm³/mol. The van der Waals surface area contributed by atoms with E-state index in [0.717, 1.165) is 17.9 Å². The zero-order valence-electron chi connectivity index (χ0n) is 12.6. The van der Waals surface area contributed by atoms with Gasteiger partial charge in [0.1, 0.15) is 0 Å². The highest BCUT2D eigenvalue weighted by Gasteiger charge is 2.31. The van der Waals surface area contributed by atoms with Gasteiger partial charge in [0.25, 0.3) is 0 Å². The molecule has 4 heteroatoms. The molecule has 2 rings (SSSR count). The van der Waals surface area contributed by atoms with Crippen LogP contribution in [0.4, 0.5) is 0 Å². The molecule has 1 aliphatic heterocycles. The summed E-state index contributed by atoms with van der Waals surface area (Å²) in [6.07, 6.45) is 0.904. The fourth-order valence-corrected chi connectivity index (χ4v) is 4.44. The normalized spacial score (nSPS) is 24.2. The van der Waals surface area contributed by atoms with E-state index in [0.29, 0.717) is 11.8 Å². The van der Waals surface area contributed by atoms with Gasteiger partial charge < -0.3 is 10.4 Å². The molecule has 1 aromatic rings. The smallest absolute Gasteiger partial charge is 0.0869 e. The number of thioether (sulfide) groups is 2. The average Bonchev–Trinajstić information content (AvgIpc) is 2.84. The van der Waals surface area contributed by atoms with Crippen LogP contribution < -0.4 is 5.32 Å². The lowest BCUT2D eigenvalue weighted by atomic mass is 10.0. The summed E-state index contributed by atoms with van der Waals surface area (Å²) in [6.45, 7) is 7.27. The van der Waals surface area contributed by atoms with Gasteiger partial charge in [-0.05, 0) is 36.8 Å². The fraction of sp³-hybridized carbons (Fsp3) is 0.625. The molecule has 112 valence electrons. The van der Waals surface area contributed by atoms with Gasteiger partial charge in [-0.25, -0.2) is 0 Å². The monoisotopic (exact) mass is 311 g/mol. The summed E-state index contributed by atoms with van der Waals surface area (Å²) in [5, 5.41) is 14.4. The molecule has 2 nitrogen and oxygen atoms in total. The third kappa shape index (κ3) is 4.69. The van der Waals surface area contributed by atoms with E-state index in [4.69, 9.17) is 0 Å². The quantitative estimate of drug-likeness (QED) is 0.785. The second-order valence-electron chi connectivity index (χ2n) is 5.87. The first-order valence-electron chi connectivity index (χ1n) is 7.29. The van der Waals surface area contributed by atoms with E-state index in [1.165, 1.54) is 10.5 Å². The molecule has 0 spiro atoms. The molecule has 0 radical (unpaired) electrons. The van der Waals surface area contributed by atoms with E-state index in [9.17, 15) is 5.11 Å². The number of nitrogens with one attached hydrogen (secondary N) is 1. The highest BCUT2D eigenvalue weighted by molar-refractivity contribution is 8.00. The molecule has 0 aliphatic carbocycles. The minimum Gasteiger partial charge on any atom is -0.388 e. The second kappa shape index (κ2) is 7.21. The fourth-order valence-electron chi connectivity index (χ4n) is 2.30. The van der Waals surface area contributed by atoms with Gasteiger partial charge in [-0.2, -0.15) is 11.8 Å². The Morgan fingerprint density at radius 1 is 1.30 bits per heavy atom. The van der Waals surface area contributed by atoms with Crippen LogP contribution >= 0.6 is 23.5 Å². The largest absolute Gasteiger partial charge is 0.388 e. The summed E-state index contributed by atoms with van der Waals surface area (Å²) < 4.78 is 0. The van der Waals surface area contributed by atoms with Crippen molar-refractivity contribution in [1.82, 2.24) is 5.32 Å². The van der Waals surface area contributed by atoms with Crippen molar-refractivity contribution < 1.29 is 5.11 Å². The summed E-state index contributed by atoms with van der Waals surface area (Å²) >= 11 is 3.73. The molecule has 1 saturated heterocycles. The van der Waals surface area contributed by atoms with E-state index in [1.54, 1.807) is 0 Å². The van der Waals surface area contributed by atoms with Crippen LogP contribution in [0.1, 0.15) is 38.8 Å². The molecule has 1 fully saturated rings. The molecular formula is C16H25NOS2. The van der Waals surface area contributed by atoms with E-state index in [1.807, 2.05) is 23.5 Å². The van der Waals surface area contributed by atoms with Crippen molar-refractivity contribution in [2.75, 3.05) is 18.1 Å². The average molecular weight is 312 g/mol. The summed E-state index contributed by atoms with van der Waals surface area (Å²) in [7, 11) is 0. The number of benzene rings is 1. The van der Waals surface area contributed by atoms with Crippen molar-refractivity contribution in [2.24, 2.45) is 0 Å². The Morgan fingerprint density at radius 3 is 2.55 bits per heavy atom. The molecule has 0 bridgehead atoms. The molecule has 1 aliphatic rings. The molecule has 2 N–H and O–H groups in total. The van der Waals surface area contributed by atoms with Crippen LogP contribution in [0, 0.1) is 0 Å². The van der Waals surface area contributed by atoms with Gasteiger partial charge in [-0.3, -0.25) is 0 Å². The van der Waals surface area contributed by atoms with Gasteiger partial charge >= 0.3 is 0 Å². The molecule has 0 amide bonds. The van der Waals surface area contributed by atoms with Gasteiger partial charge in [-0.15, -0.1) is 11.8 Å². The van der Waals surface area contributed by atoms with E-state index in [2.05, 4.69) is 50.4 Å². The van der Waals surface area contributed by atoms with Gasteiger partial charge in [0.05, 0.1) is 5.60 Å².